The van der Waals surface area contributed by atoms with E-state index in [9.17, 15) is 9.59 Å². The van der Waals surface area contributed by atoms with Gasteiger partial charge >= 0.3 is 12.1 Å². The van der Waals surface area contributed by atoms with Crippen molar-refractivity contribution in [3.63, 3.8) is 0 Å². The SMILES string of the molecule is C=CC[C@@](Cc1c[nH]c2ccccc12)(NC(=O)OC(C)(C)C)C(=O)OC. The number of ether oxygens (including phenoxy) is 2. The van der Waals surface area contributed by atoms with Gasteiger partial charge in [-0.1, -0.05) is 24.3 Å². The summed E-state index contributed by atoms with van der Waals surface area (Å²) in [5, 5.41) is 3.70. The van der Waals surface area contributed by atoms with Crippen LogP contribution in [0.1, 0.15) is 32.8 Å². The number of para-hydroxylation sites is 1. The van der Waals surface area contributed by atoms with E-state index in [0.717, 1.165) is 16.5 Å². The van der Waals surface area contributed by atoms with Gasteiger partial charge in [-0.05, 0) is 38.8 Å². The average molecular weight is 358 g/mol. The second-order valence-electron chi connectivity index (χ2n) is 7.23. The van der Waals surface area contributed by atoms with Crippen LogP contribution in [0, 0.1) is 0 Å². The van der Waals surface area contributed by atoms with Gasteiger partial charge in [-0.25, -0.2) is 9.59 Å². The van der Waals surface area contributed by atoms with Crippen LogP contribution in [0.3, 0.4) is 0 Å². The molecule has 2 rings (SSSR count). The first-order valence-corrected chi connectivity index (χ1v) is 8.46. The van der Waals surface area contributed by atoms with Gasteiger partial charge < -0.3 is 19.8 Å². The molecule has 0 unspecified atom stereocenters. The predicted octanol–water partition coefficient (Wildman–Crippen LogP) is 3.72. The number of methoxy groups -OCH3 is 1. The van der Waals surface area contributed by atoms with E-state index < -0.39 is 23.2 Å². The van der Waals surface area contributed by atoms with Gasteiger partial charge in [0.2, 0.25) is 0 Å². The molecule has 0 aliphatic carbocycles. The fraction of sp³-hybridized carbons (Fsp3) is 0.400. The quantitative estimate of drug-likeness (QED) is 0.609. The maximum absolute atomic E-state index is 12.6. The number of carbonyl (C=O) groups excluding carboxylic acids is 2. The molecule has 1 amide bonds. The summed E-state index contributed by atoms with van der Waals surface area (Å²) in [6.07, 6.45) is 3.20. The van der Waals surface area contributed by atoms with E-state index in [2.05, 4.69) is 16.9 Å². The molecule has 1 atom stereocenters. The standard InChI is InChI=1S/C20H26N2O4/c1-6-11-20(17(23)25-5,22-18(24)26-19(2,3)4)12-14-13-21-16-10-8-7-9-15(14)16/h6-10,13,21H,1,11-12H2,2-5H3,(H,22,24)/t20-/m0/s1. The monoisotopic (exact) mass is 358 g/mol. The Hall–Kier alpha value is -2.76. The molecule has 0 aliphatic heterocycles. The highest BCUT2D eigenvalue weighted by Crippen LogP contribution is 2.26. The minimum atomic E-state index is -1.30. The fourth-order valence-corrected chi connectivity index (χ4v) is 2.92. The van der Waals surface area contributed by atoms with Crippen molar-refractivity contribution < 1.29 is 19.1 Å². The number of nitrogens with one attached hydrogen (secondary N) is 2. The number of hydrogen-bond acceptors (Lipinski definition) is 4. The molecule has 0 radical (unpaired) electrons. The molecule has 1 heterocycles. The minimum absolute atomic E-state index is 0.207. The summed E-state index contributed by atoms with van der Waals surface area (Å²) in [4.78, 5) is 28.2. The Morgan fingerprint density at radius 2 is 1.96 bits per heavy atom. The van der Waals surface area contributed by atoms with Crippen LogP contribution in [0.15, 0.2) is 43.1 Å². The van der Waals surface area contributed by atoms with Crippen molar-refractivity contribution in [1.82, 2.24) is 10.3 Å². The van der Waals surface area contributed by atoms with E-state index in [-0.39, 0.29) is 12.8 Å². The van der Waals surface area contributed by atoms with E-state index in [1.165, 1.54) is 7.11 Å². The summed E-state index contributed by atoms with van der Waals surface area (Å²) >= 11 is 0. The molecule has 0 fully saturated rings. The first-order valence-electron chi connectivity index (χ1n) is 8.46. The van der Waals surface area contributed by atoms with Gasteiger partial charge in [-0.15, -0.1) is 6.58 Å². The zero-order valence-electron chi connectivity index (χ0n) is 15.7. The Morgan fingerprint density at radius 1 is 1.27 bits per heavy atom. The molecule has 1 aromatic carbocycles. The summed E-state index contributed by atoms with van der Waals surface area (Å²) in [5.74, 6) is -0.548. The normalized spacial score (nSPS) is 13.7. The molecule has 0 spiro atoms. The van der Waals surface area contributed by atoms with E-state index in [1.54, 1.807) is 26.8 Å². The van der Waals surface area contributed by atoms with Gasteiger partial charge in [0.15, 0.2) is 0 Å². The van der Waals surface area contributed by atoms with Gasteiger partial charge in [0.05, 0.1) is 7.11 Å². The third kappa shape index (κ3) is 4.45. The number of amides is 1. The molecule has 0 saturated carbocycles. The molecule has 1 aromatic heterocycles. The molecule has 0 saturated heterocycles. The number of rotatable bonds is 6. The topological polar surface area (TPSA) is 80.4 Å². The summed E-state index contributed by atoms with van der Waals surface area (Å²) in [6.45, 7) is 9.02. The summed E-state index contributed by atoms with van der Waals surface area (Å²) < 4.78 is 10.3. The molecule has 0 aliphatic rings. The van der Waals surface area contributed by atoms with E-state index in [0.29, 0.717) is 0 Å². The van der Waals surface area contributed by atoms with Gasteiger partial charge in [0, 0.05) is 23.5 Å². The molecule has 2 aromatic rings. The Bertz CT molecular complexity index is 803. The number of aromatic nitrogens is 1. The van der Waals surface area contributed by atoms with Crippen molar-refractivity contribution in [2.45, 2.75) is 44.8 Å². The smallest absolute Gasteiger partial charge is 0.408 e. The number of benzene rings is 1. The number of H-pyrrole nitrogens is 1. The highest BCUT2D eigenvalue weighted by molar-refractivity contribution is 5.89. The zero-order valence-corrected chi connectivity index (χ0v) is 15.7. The Kier molecular flexibility index (Phi) is 5.75. The second-order valence-corrected chi connectivity index (χ2v) is 7.23. The first-order chi connectivity index (χ1) is 12.2. The lowest BCUT2D eigenvalue weighted by Gasteiger charge is -2.32. The largest absolute Gasteiger partial charge is 0.467 e. The number of aromatic amines is 1. The molecule has 0 bridgehead atoms. The molecule has 2 N–H and O–H groups in total. The molecule has 140 valence electrons. The number of carbonyl (C=O) groups is 2. The summed E-state index contributed by atoms with van der Waals surface area (Å²) in [7, 11) is 1.30. The molecule has 6 heteroatoms. The highest BCUT2D eigenvalue weighted by atomic mass is 16.6. The number of alkyl carbamates (subject to hydrolysis) is 1. The van der Waals surface area contributed by atoms with Crippen molar-refractivity contribution in [3.05, 3.63) is 48.7 Å². The van der Waals surface area contributed by atoms with Crippen LogP contribution < -0.4 is 5.32 Å². The maximum atomic E-state index is 12.6. The second kappa shape index (κ2) is 7.64. The Morgan fingerprint density at radius 3 is 2.58 bits per heavy atom. The fourth-order valence-electron chi connectivity index (χ4n) is 2.92. The van der Waals surface area contributed by atoms with Crippen LogP contribution in [-0.2, 0) is 20.7 Å². The van der Waals surface area contributed by atoms with Crippen molar-refractivity contribution in [2.24, 2.45) is 0 Å². The number of fused-ring (bicyclic) bond motifs is 1. The van der Waals surface area contributed by atoms with Crippen LogP contribution in [0.4, 0.5) is 4.79 Å². The van der Waals surface area contributed by atoms with E-state index >= 15 is 0 Å². The predicted molar refractivity (Wildman–Crippen MR) is 101 cm³/mol. The minimum Gasteiger partial charge on any atom is -0.467 e. The lowest BCUT2D eigenvalue weighted by atomic mass is 9.87. The molecular formula is C20H26N2O4. The lowest BCUT2D eigenvalue weighted by molar-refractivity contribution is -0.148. The summed E-state index contributed by atoms with van der Waals surface area (Å²) in [6, 6.07) is 7.77. The van der Waals surface area contributed by atoms with Crippen LogP contribution in [0.5, 0.6) is 0 Å². The van der Waals surface area contributed by atoms with Crippen LogP contribution in [0.2, 0.25) is 0 Å². The third-order valence-corrected chi connectivity index (χ3v) is 3.98. The first kappa shape index (κ1) is 19.6. The van der Waals surface area contributed by atoms with Crippen molar-refractivity contribution in [3.8, 4) is 0 Å². The highest BCUT2D eigenvalue weighted by Gasteiger charge is 2.42. The van der Waals surface area contributed by atoms with Gasteiger partial charge in [-0.2, -0.15) is 0 Å². The Balaban J connectivity index is 2.40. The van der Waals surface area contributed by atoms with Crippen LogP contribution in [0.25, 0.3) is 10.9 Å². The summed E-state index contributed by atoms with van der Waals surface area (Å²) in [5.41, 5.74) is -0.133. The van der Waals surface area contributed by atoms with Crippen molar-refractivity contribution in [1.29, 1.82) is 0 Å². The number of hydrogen-bond donors (Lipinski definition) is 2. The van der Waals surface area contributed by atoms with Crippen molar-refractivity contribution >= 4 is 23.0 Å². The molecule has 26 heavy (non-hydrogen) atoms. The Labute approximate surface area is 153 Å². The number of esters is 1. The van der Waals surface area contributed by atoms with Gasteiger partial charge in [0.25, 0.3) is 0 Å². The molecular weight excluding hydrogens is 332 g/mol. The average Bonchev–Trinajstić information content (AvgIpc) is 2.95. The van der Waals surface area contributed by atoms with Crippen LogP contribution in [-0.4, -0.2) is 35.3 Å². The van der Waals surface area contributed by atoms with Gasteiger partial charge in [-0.3, -0.25) is 0 Å². The third-order valence-electron chi connectivity index (χ3n) is 3.98. The maximum Gasteiger partial charge on any atom is 0.408 e. The molecule has 6 nitrogen and oxygen atoms in total. The lowest BCUT2D eigenvalue weighted by Crippen LogP contribution is -2.57. The van der Waals surface area contributed by atoms with E-state index in [4.69, 9.17) is 9.47 Å². The van der Waals surface area contributed by atoms with Crippen molar-refractivity contribution in [2.75, 3.05) is 7.11 Å². The van der Waals surface area contributed by atoms with Gasteiger partial charge in [0.1, 0.15) is 11.1 Å². The van der Waals surface area contributed by atoms with E-state index in [1.807, 2.05) is 30.5 Å². The zero-order chi connectivity index (χ0) is 19.4. The van der Waals surface area contributed by atoms with Crippen LogP contribution >= 0.6 is 0 Å².